The number of carbonyl (C=O) groups is 1. The molecule has 4 rings (SSSR count). The zero-order chi connectivity index (χ0) is 22.2. The van der Waals surface area contributed by atoms with Crippen LogP contribution in [-0.2, 0) is 9.53 Å². The number of methoxy groups -OCH3 is 1. The van der Waals surface area contributed by atoms with Gasteiger partial charge in [0.05, 0.1) is 0 Å². The second-order valence-electron chi connectivity index (χ2n) is 8.57. The number of carbonyl (C=O) groups excluding carboxylic acids is 1. The second kappa shape index (κ2) is 8.43. The van der Waals surface area contributed by atoms with E-state index >= 15 is 0 Å². The van der Waals surface area contributed by atoms with Crippen LogP contribution >= 0.6 is 11.3 Å². The summed E-state index contributed by atoms with van der Waals surface area (Å²) in [4.78, 5) is 21.5. The second-order valence-corrected chi connectivity index (χ2v) is 9.51. The summed E-state index contributed by atoms with van der Waals surface area (Å²) in [5.41, 5.74) is 1.15. The number of hydrogen-bond acceptors (Lipinski definition) is 7. The highest BCUT2D eigenvalue weighted by molar-refractivity contribution is 7.20. The van der Waals surface area contributed by atoms with Gasteiger partial charge in [0.1, 0.15) is 18.1 Å². The Kier molecular flexibility index (Phi) is 5.85. The molecule has 1 aromatic carbocycles. The molecule has 8 nitrogen and oxygen atoms in total. The average Bonchev–Trinajstić information content (AvgIpc) is 3.27. The summed E-state index contributed by atoms with van der Waals surface area (Å²) in [6.45, 7) is 8.95. The van der Waals surface area contributed by atoms with Crippen molar-refractivity contribution in [2.24, 2.45) is 0 Å². The Morgan fingerprint density at radius 2 is 2.00 bits per heavy atom. The molecule has 1 aliphatic rings. The molecule has 1 saturated heterocycles. The first kappa shape index (κ1) is 21.5. The third kappa shape index (κ3) is 4.64. The number of amides is 1. The third-order valence-corrected chi connectivity index (χ3v) is 5.92. The fraction of sp³-hybridized carbons (Fsp3) is 0.476. The van der Waals surface area contributed by atoms with Crippen molar-refractivity contribution in [3.8, 4) is 11.3 Å². The minimum absolute atomic E-state index is 0.00694. The predicted molar refractivity (Wildman–Crippen MR) is 120 cm³/mol. The van der Waals surface area contributed by atoms with Crippen LogP contribution in [0.5, 0.6) is 0 Å². The van der Waals surface area contributed by atoms with E-state index in [4.69, 9.17) is 14.8 Å². The van der Waals surface area contributed by atoms with Crippen molar-refractivity contribution in [1.82, 2.24) is 19.5 Å². The molecule has 0 unspecified atom stereocenters. The maximum atomic E-state index is 13.8. The van der Waals surface area contributed by atoms with Crippen molar-refractivity contribution in [2.45, 2.75) is 26.3 Å². The van der Waals surface area contributed by atoms with Gasteiger partial charge in [0.25, 0.3) is 0 Å². The number of imidazole rings is 1. The summed E-state index contributed by atoms with van der Waals surface area (Å²) in [7, 11) is 1.53. The van der Waals surface area contributed by atoms with E-state index in [0.717, 1.165) is 15.9 Å². The number of piperazine rings is 1. The van der Waals surface area contributed by atoms with Crippen molar-refractivity contribution < 1.29 is 13.9 Å². The van der Waals surface area contributed by atoms with Crippen LogP contribution in [0.3, 0.4) is 0 Å². The van der Waals surface area contributed by atoms with Crippen LogP contribution in [-0.4, -0.2) is 70.8 Å². The van der Waals surface area contributed by atoms with Crippen LogP contribution in [0.1, 0.15) is 20.8 Å². The van der Waals surface area contributed by atoms with E-state index in [-0.39, 0.29) is 23.9 Å². The Balaban J connectivity index is 1.63. The maximum absolute atomic E-state index is 13.8. The lowest BCUT2D eigenvalue weighted by molar-refractivity contribution is -0.135. The minimum Gasteiger partial charge on any atom is -0.375 e. The van der Waals surface area contributed by atoms with Crippen LogP contribution in [0, 0.1) is 5.82 Å². The number of hydrogen-bond donors (Lipinski definition) is 1. The van der Waals surface area contributed by atoms with Crippen LogP contribution in [0.2, 0.25) is 0 Å². The summed E-state index contributed by atoms with van der Waals surface area (Å²) in [5.74, 6) is 0.446. The number of nitrogens with one attached hydrogen (secondary N) is 1. The zero-order valence-electron chi connectivity index (χ0n) is 18.2. The number of ether oxygens (including phenoxy) is 1. The predicted octanol–water partition coefficient (Wildman–Crippen LogP) is 3.10. The summed E-state index contributed by atoms with van der Waals surface area (Å²) < 4.78 is 20.6. The topological polar surface area (TPSA) is 75.0 Å². The van der Waals surface area contributed by atoms with E-state index in [9.17, 15) is 9.18 Å². The highest BCUT2D eigenvalue weighted by Gasteiger charge is 2.26. The summed E-state index contributed by atoms with van der Waals surface area (Å²) in [6, 6.07) is 6.44. The van der Waals surface area contributed by atoms with Gasteiger partial charge < -0.3 is 19.9 Å². The molecular formula is C21H27FN6O2S. The van der Waals surface area contributed by atoms with Crippen LogP contribution in [0.4, 0.5) is 15.3 Å². The van der Waals surface area contributed by atoms with Gasteiger partial charge >= 0.3 is 0 Å². The molecule has 3 heterocycles. The molecule has 10 heteroatoms. The van der Waals surface area contributed by atoms with Gasteiger partial charge in [-0.15, -0.1) is 5.10 Å². The van der Waals surface area contributed by atoms with E-state index in [2.05, 4.69) is 31.0 Å². The van der Waals surface area contributed by atoms with E-state index in [1.165, 1.54) is 30.6 Å². The van der Waals surface area contributed by atoms with Crippen molar-refractivity contribution in [3.63, 3.8) is 0 Å². The monoisotopic (exact) mass is 446 g/mol. The van der Waals surface area contributed by atoms with E-state index in [0.29, 0.717) is 37.4 Å². The Labute approximate surface area is 184 Å². The summed E-state index contributed by atoms with van der Waals surface area (Å²) in [5, 5.41) is 9.14. The molecule has 0 atom stereocenters. The number of halogens is 1. The number of nitrogens with zero attached hydrogens (tertiary/aromatic N) is 5. The zero-order valence-corrected chi connectivity index (χ0v) is 19.0. The van der Waals surface area contributed by atoms with Crippen molar-refractivity contribution in [1.29, 1.82) is 0 Å². The van der Waals surface area contributed by atoms with Crippen LogP contribution in [0.15, 0.2) is 24.3 Å². The van der Waals surface area contributed by atoms with Gasteiger partial charge in [-0.1, -0.05) is 23.5 Å². The molecule has 0 saturated carbocycles. The molecule has 0 bridgehead atoms. The molecule has 2 aromatic heterocycles. The Hall–Kier alpha value is -2.72. The molecule has 0 aliphatic carbocycles. The van der Waals surface area contributed by atoms with Crippen molar-refractivity contribution in [3.05, 3.63) is 30.1 Å². The Bertz CT molecular complexity index is 1080. The minimum atomic E-state index is -0.301. The molecular weight excluding hydrogens is 419 g/mol. The molecule has 1 fully saturated rings. The fourth-order valence-corrected chi connectivity index (χ4v) is 4.49. The molecule has 1 N–H and O–H groups in total. The number of anilines is 2. The average molecular weight is 447 g/mol. The quantitative estimate of drug-likeness (QED) is 0.649. The largest absolute Gasteiger partial charge is 0.375 e. The van der Waals surface area contributed by atoms with E-state index in [1.807, 2.05) is 11.0 Å². The first-order valence-electron chi connectivity index (χ1n) is 10.2. The lowest BCUT2D eigenvalue weighted by Crippen LogP contribution is -2.49. The van der Waals surface area contributed by atoms with Crippen molar-refractivity contribution in [2.75, 3.05) is 50.1 Å². The molecule has 0 radical (unpaired) electrons. The summed E-state index contributed by atoms with van der Waals surface area (Å²) >= 11 is 1.49. The number of benzene rings is 1. The first-order valence-corrected chi connectivity index (χ1v) is 11.0. The van der Waals surface area contributed by atoms with Gasteiger partial charge in [-0.2, -0.15) is 4.52 Å². The molecule has 166 valence electrons. The van der Waals surface area contributed by atoms with Crippen molar-refractivity contribution >= 4 is 33.2 Å². The Morgan fingerprint density at radius 3 is 2.65 bits per heavy atom. The highest BCUT2D eigenvalue weighted by Crippen LogP contribution is 2.35. The number of rotatable bonds is 5. The van der Waals surface area contributed by atoms with Gasteiger partial charge in [0, 0.05) is 44.4 Å². The SMILES string of the molecule is COCC(=O)N1CCN(c2nn3c(NC(C)(C)C)c(-c4cccc(F)c4)nc3s2)CC1. The first-order chi connectivity index (χ1) is 14.7. The lowest BCUT2D eigenvalue weighted by atomic mass is 10.1. The van der Waals surface area contributed by atoms with Gasteiger partial charge in [0.2, 0.25) is 16.0 Å². The van der Waals surface area contributed by atoms with Gasteiger partial charge in [-0.05, 0) is 32.9 Å². The molecule has 1 amide bonds. The molecule has 1 aliphatic heterocycles. The standard InChI is InChI=1S/C21H27FN6O2S/c1-21(2,3)24-18-17(14-6-5-7-15(22)12-14)23-19-28(18)25-20(31-19)27-10-8-26(9-11-27)16(29)13-30-4/h5-7,12,24H,8-11,13H2,1-4H3. The smallest absolute Gasteiger partial charge is 0.248 e. The maximum Gasteiger partial charge on any atom is 0.248 e. The fourth-order valence-electron chi connectivity index (χ4n) is 3.53. The molecule has 0 spiro atoms. The Morgan fingerprint density at radius 1 is 1.26 bits per heavy atom. The number of aromatic nitrogens is 3. The van der Waals surface area contributed by atoms with Gasteiger partial charge in [-0.25, -0.2) is 9.37 Å². The van der Waals surface area contributed by atoms with Gasteiger partial charge in [-0.3, -0.25) is 4.79 Å². The third-order valence-electron chi connectivity index (χ3n) is 4.96. The van der Waals surface area contributed by atoms with Crippen LogP contribution < -0.4 is 10.2 Å². The normalized spacial score (nSPS) is 15.0. The lowest BCUT2D eigenvalue weighted by Gasteiger charge is -2.34. The van der Waals surface area contributed by atoms with Crippen LogP contribution in [0.25, 0.3) is 16.2 Å². The summed E-state index contributed by atoms with van der Waals surface area (Å²) in [6.07, 6.45) is 0. The number of fused-ring (bicyclic) bond motifs is 1. The van der Waals surface area contributed by atoms with Gasteiger partial charge in [0.15, 0.2) is 5.82 Å². The molecule has 31 heavy (non-hydrogen) atoms. The highest BCUT2D eigenvalue weighted by atomic mass is 32.1. The van der Waals surface area contributed by atoms with E-state index in [1.54, 1.807) is 10.6 Å². The molecule has 3 aromatic rings. The van der Waals surface area contributed by atoms with E-state index < -0.39 is 0 Å².